The Balaban J connectivity index is 0.000000386. The number of aromatic nitrogens is 2. The van der Waals surface area contributed by atoms with Crippen LogP contribution in [0.2, 0.25) is 0 Å². The molecule has 1 aliphatic heterocycles. The molecule has 1 aromatic carbocycles. The van der Waals surface area contributed by atoms with E-state index in [9.17, 15) is 26.3 Å². The summed E-state index contributed by atoms with van der Waals surface area (Å²) in [7, 11) is 2.19. The van der Waals surface area contributed by atoms with Crippen molar-refractivity contribution in [3.63, 3.8) is 0 Å². The number of rotatable bonds is 1. The Labute approximate surface area is 169 Å². The van der Waals surface area contributed by atoms with E-state index in [0.717, 1.165) is 6.07 Å². The van der Waals surface area contributed by atoms with Crippen LogP contribution in [-0.2, 0) is 12.4 Å². The van der Waals surface area contributed by atoms with Gasteiger partial charge in [0.1, 0.15) is 11.5 Å². The minimum atomic E-state index is -4.86. The van der Waals surface area contributed by atoms with Crippen LogP contribution in [0.5, 0.6) is 0 Å². The summed E-state index contributed by atoms with van der Waals surface area (Å²) < 4.78 is 77.3. The first-order valence-corrected chi connectivity index (χ1v) is 8.96. The summed E-state index contributed by atoms with van der Waals surface area (Å²) in [5, 5.41) is 6.58. The highest BCUT2D eigenvalue weighted by molar-refractivity contribution is 5.86. The van der Waals surface area contributed by atoms with Crippen molar-refractivity contribution in [3.8, 4) is 11.3 Å². The van der Waals surface area contributed by atoms with Gasteiger partial charge in [-0.05, 0) is 51.2 Å². The third-order valence-corrected chi connectivity index (χ3v) is 4.55. The van der Waals surface area contributed by atoms with Crippen molar-refractivity contribution in [3.05, 3.63) is 29.3 Å². The molecule has 1 saturated heterocycles. The second-order valence-electron chi connectivity index (χ2n) is 6.88. The maximum absolute atomic E-state index is 13.0. The van der Waals surface area contributed by atoms with Gasteiger partial charge in [-0.2, -0.15) is 26.3 Å². The van der Waals surface area contributed by atoms with Gasteiger partial charge in [0.15, 0.2) is 0 Å². The second kappa shape index (κ2) is 8.94. The fourth-order valence-corrected chi connectivity index (χ4v) is 2.96. The first-order valence-electron chi connectivity index (χ1n) is 8.96. The summed E-state index contributed by atoms with van der Waals surface area (Å²) in [6, 6.07) is 1.79. The Bertz CT molecular complexity index is 875. The van der Waals surface area contributed by atoms with Crippen LogP contribution in [-0.4, -0.2) is 35.2 Å². The summed E-state index contributed by atoms with van der Waals surface area (Å²) >= 11 is 0. The van der Waals surface area contributed by atoms with E-state index in [2.05, 4.69) is 22.1 Å². The van der Waals surface area contributed by atoms with Crippen molar-refractivity contribution in [2.24, 2.45) is 0 Å². The van der Waals surface area contributed by atoms with E-state index in [0.29, 0.717) is 12.1 Å². The first kappa shape index (κ1) is 23.5. The van der Waals surface area contributed by atoms with Gasteiger partial charge in [0.2, 0.25) is 0 Å². The molecule has 0 amide bonds. The van der Waals surface area contributed by atoms with Gasteiger partial charge in [-0.15, -0.1) is 10.2 Å². The molecule has 0 aliphatic carbocycles. The third kappa shape index (κ3) is 5.65. The number of piperidine rings is 1. The fraction of sp³-hybridized carbons (Fsp3) is 0.444. The molecule has 0 unspecified atom stereocenters. The van der Waals surface area contributed by atoms with Gasteiger partial charge < -0.3 is 22.1 Å². The van der Waals surface area contributed by atoms with E-state index in [-0.39, 0.29) is 0 Å². The average molecular weight is 436 g/mol. The number of hydrogen-bond acceptors (Lipinski definition) is 6. The van der Waals surface area contributed by atoms with E-state index in [1.807, 2.05) is 0 Å². The molecule has 0 bridgehead atoms. The average Bonchev–Trinajstić information content (AvgIpc) is 2.63. The van der Waals surface area contributed by atoms with E-state index >= 15 is 0 Å². The largest absolute Gasteiger partial charge is 0.418 e. The minimum Gasteiger partial charge on any atom is -0.397 e. The van der Waals surface area contributed by atoms with Gasteiger partial charge in [-0.3, -0.25) is 0 Å². The Morgan fingerprint density at radius 1 is 0.800 bits per heavy atom. The Morgan fingerprint density at radius 3 is 1.83 bits per heavy atom. The summed E-state index contributed by atoms with van der Waals surface area (Å²) in [4.78, 5) is 2.39. The number of nitrogens with two attached hydrogens (primary N) is 3. The molecular weight excluding hydrogens is 414 g/mol. The summed E-state index contributed by atoms with van der Waals surface area (Å²) in [5.41, 5.74) is 10.7. The normalized spacial score (nSPS) is 15.4. The maximum Gasteiger partial charge on any atom is 0.418 e. The Kier molecular flexibility index (Phi) is 7.01. The molecule has 2 aromatic rings. The molecule has 2 heterocycles. The van der Waals surface area contributed by atoms with E-state index in [1.54, 1.807) is 0 Å². The van der Waals surface area contributed by atoms with Crippen molar-refractivity contribution in [1.82, 2.24) is 15.1 Å². The molecular formula is C18H22F6N6. The second-order valence-corrected chi connectivity index (χ2v) is 6.88. The van der Waals surface area contributed by atoms with Crippen molar-refractivity contribution in [2.75, 3.05) is 37.3 Å². The van der Waals surface area contributed by atoms with Crippen LogP contribution >= 0.6 is 0 Å². The van der Waals surface area contributed by atoms with Crippen molar-refractivity contribution >= 4 is 17.2 Å². The summed E-state index contributed by atoms with van der Waals surface area (Å²) in [6.45, 7) is 2.64. The molecule has 1 aliphatic rings. The molecule has 0 spiro atoms. The zero-order chi connectivity index (χ0) is 22.7. The van der Waals surface area contributed by atoms with Gasteiger partial charge in [-0.1, -0.05) is 6.42 Å². The van der Waals surface area contributed by atoms with Crippen LogP contribution in [0.25, 0.3) is 11.3 Å². The lowest BCUT2D eigenvalue weighted by molar-refractivity contribution is -0.138. The highest BCUT2D eigenvalue weighted by atomic mass is 19.4. The molecule has 0 saturated carbocycles. The monoisotopic (exact) mass is 436 g/mol. The van der Waals surface area contributed by atoms with E-state index in [4.69, 9.17) is 17.2 Å². The van der Waals surface area contributed by atoms with Crippen LogP contribution in [0, 0.1) is 0 Å². The number of alkyl halides is 6. The van der Waals surface area contributed by atoms with Crippen molar-refractivity contribution in [1.29, 1.82) is 0 Å². The quantitative estimate of drug-likeness (QED) is 0.460. The minimum absolute atomic E-state index is 0.421. The lowest BCUT2D eigenvalue weighted by atomic mass is 10.00. The highest BCUT2D eigenvalue weighted by Gasteiger charge is 2.38. The summed E-state index contributed by atoms with van der Waals surface area (Å²) in [6.07, 6.45) is -5.38. The predicted molar refractivity (Wildman–Crippen MR) is 102 cm³/mol. The third-order valence-electron chi connectivity index (χ3n) is 4.55. The molecule has 6 N–H and O–H groups in total. The van der Waals surface area contributed by atoms with Crippen LogP contribution in [0.3, 0.4) is 0 Å². The fourth-order valence-electron chi connectivity index (χ4n) is 2.96. The molecule has 0 atom stereocenters. The van der Waals surface area contributed by atoms with Gasteiger partial charge in [0, 0.05) is 5.56 Å². The number of nitrogen functional groups attached to an aromatic ring is 3. The zero-order valence-electron chi connectivity index (χ0n) is 16.1. The topological polar surface area (TPSA) is 107 Å². The number of halogens is 6. The van der Waals surface area contributed by atoms with Crippen molar-refractivity contribution < 1.29 is 26.3 Å². The molecule has 1 fully saturated rings. The highest BCUT2D eigenvalue weighted by Crippen LogP contribution is 2.43. The smallest absolute Gasteiger partial charge is 0.397 e. The van der Waals surface area contributed by atoms with Gasteiger partial charge >= 0.3 is 12.4 Å². The molecule has 0 radical (unpaired) electrons. The SMILES string of the molecule is CN1CCCCC1.Nc1cc(C(F)(F)F)c(-c2ccc(C(F)(F)F)c(N)c2N)nn1. The number of anilines is 3. The molecule has 1 aromatic heterocycles. The predicted octanol–water partition coefficient (Wildman–Crippen LogP) is 4.03. The van der Waals surface area contributed by atoms with Gasteiger partial charge in [0.25, 0.3) is 0 Å². The molecule has 6 nitrogen and oxygen atoms in total. The van der Waals surface area contributed by atoms with Crippen LogP contribution in [0.15, 0.2) is 18.2 Å². The number of benzene rings is 1. The van der Waals surface area contributed by atoms with Crippen LogP contribution < -0.4 is 17.2 Å². The van der Waals surface area contributed by atoms with E-state index in [1.165, 1.54) is 32.4 Å². The maximum atomic E-state index is 13.0. The standard InChI is InChI=1S/C12H9F6N5.C6H13N/c13-11(14,15)5-2-1-4(8(20)9(5)21)10-6(12(16,17)18)3-7(19)22-23-10;1-7-5-3-2-4-6-7/h1-3H,20-21H2,(H2,19,22);2-6H2,1H3. The Morgan fingerprint density at radius 2 is 1.37 bits per heavy atom. The lowest BCUT2D eigenvalue weighted by Gasteiger charge is -2.20. The van der Waals surface area contributed by atoms with Gasteiger partial charge in [0.05, 0.1) is 22.5 Å². The van der Waals surface area contributed by atoms with Gasteiger partial charge in [-0.25, -0.2) is 0 Å². The first-order chi connectivity index (χ1) is 13.8. The van der Waals surface area contributed by atoms with Crippen molar-refractivity contribution in [2.45, 2.75) is 31.6 Å². The molecule has 166 valence electrons. The number of nitrogens with zero attached hydrogens (tertiary/aromatic N) is 3. The van der Waals surface area contributed by atoms with E-state index < -0.39 is 51.9 Å². The lowest BCUT2D eigenvalue weighted by Crippen LogP contribution is -2.24. The molecule has 3 rings (SSSR count). The number of hydrogen-bond donors (Lipinski definition) is 3. The molecule has 30 heavy (non-hydrogen) atoms. The summed E-state index contributed by atoms with van der Waals surface area (Å²) in [5.74, 6) is -0.500. The zero-order valence-corrected chi connectivity index (χ0v) is 16.1. The van der Waals surface area contributed by atoms with Crippen LogP contribution in [0.1, 0.15) is 30.4 Å². The number of likely N-dealkylation sites (tertiary alicyclic amines) is 1. The van der Waals surface area contributed by atoms with Crippen LogP contribution in [0.4, 0.5) is 43.5 Å². The molecule has 12 heteroatoms. The Hall–Kier alpha value is -2.76.